The van der Waals surface area contributed by atoms with Gasteiger partial charge in [-0.05, 0) is 45.2 Å². The van der Waals surface area contributed by atoms with Crippen molar-refractivity contribution in [2.45, 2.75) is 31.6 Å². The molecule has 0 aliphatic heterocycles. The third-order valence-corrected chi connectivity index (χ3v) is 4.07. The molecule has 20 heavy (non-hydrogen) atoms. The Hall–Kier alpha value is -1.75. The van der Waals surface area contributed by atoms with Gasteiger partial charge in [-0.1, -0.05) is 6.07 Å². The summed E-state index contributed by atoms with van der Waals surface area (Å²) in [5.74, 6) is -0.248. The number of thioether (sulfide) groups is 1. The lowest BCUT2D eigenvalue weighted by Crippen LogP contribution is -2.19. The van der Waals surface area contributed by atoms with E-state index in [2.05, 4.69) is 15.5 Å². The van der Waals surface area contributed by atoms with Gasteiger partial charge in [0.15, 0.2) is 0 Å². The van der Waals surface area contributed by atoms with Gasteiger partial charge < -0.3 is 5.32 Å². The minimum atomic E-state index is -0.230. The van der Waals surface area contributed by atoms with Crippen molar-refractivity contribution in [3.63, 3.8) is 0 Å². The van der Waals surface area contributed by atoms with E-state index in [0.29, 0.717) is 0 Å². The van der Waals surface area contributed by atoms with Crippen molar-refractivity contribution in [1.82, 2.24) is 10.2 Å². The molecule has 0 fully saturated rings. The molecule has 1 heterocycles. The normalized spacial score (nSPS) is 12.2. The lowest BCUT2D eigenvalue weighted by molar-refractivity contribution is -0.117. The molecule has 4 nitrogen and oxygen atoms in total. The van der Waals surface area contributed by atoms with Crippen LogP contribution in [0.15, 0.2) is 29.2 Å². The van der Waals surface area contributed by atoms with Gasteiger partial charge >= 0.3 is 0 Å². The highest BCUT2D eigenvalue weighted by Crippen LogP contribution is 2.24. The molecule has 0 radical (unpaired) electrons. The van der Waals surface area contributed by atoms with E-state index in [1.165, 1.54) is 0 Å². The van der Waals surface area contributed by atoms with Crippen LogP contribution < -0.4 is 5.32 Å². The van der Waals surface area contributed by atoms with E-state index in [0.717, 1.165) is 27.5 Å². The molecular weight excluding hydrogens is 270 g/mol. The molecule has 1 atom stereocenters. The minimum Gasteiger partial charge on any atom is -0.326 e. The summed E-state index contributed by atoms with van der Waals surface area (Å²) in [5.41, 5.74) is 3.63. The second kappa shape index (κ2) is 6.13. The molecule has 0 saturated carbocycles. The van der Waals surface area contributed by atoms with Gasteiger partial charge in [0.2, 0.25) is 5.91 Å². The lowest BCUT2D eigenvalue weighted by atomic mass is 9.98. The van der Waals surface area contributed by atoms with Crippen molar-refractivity contribution in [3.8, 4) is 0 Å². The highest BCUT2D eigenvalue weighted by Gasteiger charge is 2.21. The topological polar surface area (TPSA) is 57.8 Å². The van der Waals surface area contributed by atoms with E-state index < -0.39 is 0 Å². The maximum Gasteiger partial charge on any atom is 0.231 e. The molecule has 1 unspecified atom stereocenters. The van der Waals surface area contributed by atoms with Gasteiger partial charge in [0, 0.05) is 21.8 Å². The molecule has 0 aliphatic carbocycles. The fraction of sp³-hybridized carbons (Fsp3) is 0.333. The number of aromatic amines is 1. The lowest BCUT2D eigenvalue weighted by Gasteiger charge is -2.13. The molecule has 2 aromatic rings. The van der Waals surface area contributed by atoms with Crippen molar-refractivity contribution < 1.29 is 4.79 Å². The average molecular weight is 289 g/mol. The van der Waals surface area contributed by atoms with Gasteiger partial charge in [0.05, 0.1) is 11.6 Å². The zero-order chi connectivity index (χ0) is 14.7. The van der Waals surface area contributed by atoms with Crippen molar-refractivity contribution in [2.24, 2.45) is 0 Å². The van der Waals surface area contributed by atoms with Gasteiger partial charge in [0.1, 0.15) is 0 Å². The Morgan fingerprint density at radius 3 is 2.75 bits per heavy atom. The van der Waals surface area contributed by atoms with Crippen LogP contribution in [-0.4, -0.2) is 22.4 Å². The predicted octanol–water partition coefficient (Wildman–Crippen LogP) is 3.49. The molecular formula is C15H19N3OS. The largest absolute Gasteiger partial charge is 0.326 e. The summed E-state index contributed by atoms with van der Waals surface area (Å²) in [6, 6.07) is 7.85. The Kier molecular flexibility index (Phi) is 4.49. The number of H-pyrrole nitrogens is 1. The van der Waals surface area contributed by atoms with Crippen molar-refractivity contribution in [3.05, 3.63) is 41.2 Å². The first-order valence-corrected chi connectivity index (χ1v) is 7.71. The van der Waals surface area contributed by atoms with Crippen LogP contribution in [0.1, 0.15) is 29.8 Å². The molecule has 0 saturated heterocycles. The SMILES string of the molecule is CSc1cccc(NC(=O)C(C)c2c(C)n[nH]c2C)c1. The number of amides is 1. The monoisotopic (exact) mass is 289 g/mol. The quantitative estimate of drug-likeness (QED) is 0.847. The van der Waals surface area contributed by atoms with E-state index in [-0.39, 0.29) is 11.8 Å². The summed E-state index contributed by atoms with van der Waals surface area (Å²) in [6.45, 7) is 5.75. The first-order chi connectivity index (χ1) is 9.52. The molecule has 0 spiro atoms. The number of anilines is 1. The summed E-state index contributed by atoms with van der Waals surface area (Å²) in [7, 11) is 0. The average Bonchev–Trinajstić information content (AvgIpc) is 2.77. The van der Waals surface area contributed by atoms with Crippen LogP contribution in [0.3, 0.4) is 0 Å². The first-order valence-electron chi connectivity index (χ1n) is 6.49. The van der Waals surface area contributed by atoms with Crippen LogP contribution in [0, 0.1) is 13.8 Å². The maximum atomic E-state index is 12.4. The van der Waals surface area contributed by atoms with Gasteiger partial charge in [-0.3, -0.25) is 9.89 Å². The Balaban J connectivity index is 2.15. The van der Waals surface area contributed by atoms with E-state index in [1.807, 2.05) is 51.3 Å². The van der Waals surface area contributed by atoms with Gasteiger partial charge in [0.25, 0.3) is 0 Å². The van der Waals surface area contributed by atoms with Crippen LogP contribution in [0.4, 0.5) is 5.69 Å². The van der Waals surface area contributed by atoms with E-state index in [1.54, 1.807) is 11.8 Å². The molecule has 106 valence electrons. The number of carbonyl (C=O) groups is 1. The number of carbonyl (C=O) groups excluding carboxylic acids is 1. The van der Waals surface area contributed by atoms with Crippen LogP contribution in [0.25, 0.3) is 0 Å². The number of aromatic nitrogens is 2. The smallest absolute Gasteiger partial charge is 0.231 e. The standard InChI is InChI=1S/C15H19N3OS/c1-9(14-10(2)17-18-11(14)3)15(19)16-12-6-5-7-13(8-12)20-4/h5-9H,1-4H3,(H,16,19)(H,17,18). The Morgan fingerprint density at radius 2 is 2.15 bits per heavy atom. The first kappa shape index (κ1) is 14.7. The molecule has 2 N–H and O–H groups in total. The molecule has 2 rings (SSSR count). The molecule has 5 heteroatoms. The summed E-state index contributed by atoms with van der Waals surface area (Å²) in [6.07, 6.45) is 2.02. The maximum absolute atomic E-state index is 12.4. The number of hydrogen-bond acceptors (Lipinski definition) is 3. The van der Waals surface area contributed by atoms with Crippen molar-refractivity contribution in [1.29, 1.82) is 0 Å². The van der Waals surface area contributed by atoms with Crippen LogP contribution in [-0.2, 0) is 4.79 Å². The zero-order valence-electron chi connectivity index (χ0n) is 12.2. The second-order valence-electron chi connectivity index (χ2n) is 4.79. The molecule has 1 aromatic carbocycles. The Labute approximate surface area is 123 Å². The Morgan fingerprint density at radius 1 is 1.40 bits per heavy atom. The molecule has 1 aromatic heterocycles. The Bertz CT molecular complexity index is 602. The summed E-state index contributed by atoms with van der Waals surface area (Å²) in [5, 5.41) is 10.0. The number of rotatable bonds is 4. The summed E-state index contributed by atoms with van der Waals surface area (Å²) < 4.78 is 0. The van der Waals surface area contributed by atoms with Crippen molar-refractivity contribution >= 4 is 23.4 Å². The van der Waals surface area contributed by atoms with Gasteiger partial charge in [-0.25, -0.2) is 0 Å². The minimum absolute atomic E-state index is 0.0177. The third kappa shape index (κ3) is 3.04. The molecule has 1 amide bonds. The number of nitrogens with zero attached hydrogens (tertiary/aromatic N) is 1. The number of hydrogen-bond donors (Lipinski definition) is 2. The second-order valence-corrected chi connectivity index (χ2v) is 5.67. The van der Waals surface area contributed by atoms with E-state index in [4.69, 9.17) is 0 Å². The van der Waals surface area contributed by atoms with Gasteiger partial charge in [-0.15, -0.1) is 11.8 Å². The van der Waals surface area contributed by atoms with Crippen LogP contribution >= 0.6 is 11.8 Å². The van der Waals surface area contributed by atoms with Crippen LogP contribution in [0.5, 0.6) is 0 Å². The molecule has 0 aliphatic rings. The number of nitrogens with one attached hydrogen (secondary N) is 2. The highest BCUT2D eigenvalue weighted by molar-refractivity contribution is 7.98. The molecule has 0 bridgehead atoms. The summed E-state index contributed by atoms with van der Waals surface area (Å²) >= 11 is 1.65. The highest BCUT2D eigenvalue weighted by atomic mass is 32.2. The fourth-order valence-electron chi connectivity index (χ4n) is 2.28. The van der Waals surface area contributed by atoms with E-state index >= 15 is 0 Å². The number of benzene rings is 1. The van der Waals surface area contributed by atoms with Crippen LogP contribution in [0.2, 0.25) is 0 Å². The third-order valence-electron chi connectivity index (χ3n) is 3.35. The number of aryl methyl sites for hydroxylation is 2. The fourth-order valence-corrected chi connectivity index (χ4v) is 2.74. The summed E-state index contributed by atoms with van der Waals surface area (Å²) in [4.78, 5) is 13.5. The van der Waals surface area contributed by atoms with E-state index in [9.17, 15) is 4.79 Å². The predicted molar refractivity (Wildman–Crippen MR) is 83.3 cm³/mol. The van der Waals surface area contributed by atoms with Gasteiger partial charge in [-0.2, -0.15) is 5.10 Å². The zero-order valence-corrected chi connectivity index (χ0v) is 13.0. The van der Waals surface area contributed by atoms with Crippen molar-refractivity contribution in [2.75, 3.05) is 11.6 Å².